The molecule has 0 saturated heterocycles. The van der Waals surface area contributed by atoms with Gasteiger partial charge < -0.3 is 4.74 Å². The first-order chi connectivity index (χ1) is 10.3. The number of halogens is 2. The molecule has 0 heterocycles. The number of hydrogen-bond donors (Lipinski definition) is 1. The number of esters is 1. The Bertz CT molecular complexity index is 821. The Morgan fingerprint density at radius 2 is 1.82 bits per heavy atom. The maximum absolute atomic E-state index is 12.5. The van der Waals surface area contributed by atoms with E-state index in [1.807, 2.05) is 0 Å². The number of hydrogen-bond acceptors (Lipinski definition) is 4. The van der Waals surface area contributed by atoms with Gasteiger partial charge in [0.25, 0.3) is 10.0 Å². The molecule has 0 fully saturated rings. The van der Waals surface area contributed by atoms with Crippen LogP contribution in [-0.2, 0) is 14.8 Å². The molecule has 116 valence electrons. The van der Waals surface area contributed by atoms with Gasteiger partial charge in [-0.25, -0.2) is 13.2 Å². The first-order valence-electron chi connectivity index (χ1n) is 6.00. The van der Waals surface area contributed by atoms with Crippen molar-refractivity contribution in [3.8, 4) is 0 Å². The topological polar surface area (TPSA) is 72.5 Å². The summed E-state index contributed by atoms with van der Waals surface area (Å²) in [7, 11) is -2.84. The van der Waals surface area contributed by atoms with E-state index in [-0.39, 0.29) is 21.2 Å². The van der Waals surface area contributed by atoms with Crippen molar-refractivity contribution in [3.63, 3.8) is 0 Å². The van der Waals surface area contributed by atoms with Crippen LogP contribution in [0.5, 0.6) is 0 Å². The Balaban J connectivity index is 2.45. The summed E-state index contributed by atoms with van der Waals surface area (Å²) in [5.41, 5.74) is 0.0910. The highest BCUT2D eigenvalue weighted by atomic mass is 35.5. The molecule has 0 amide bonds. The lowest BCUT2D eigenvalue weighted by Gasteiger charge is -2.12. The molecule has 0 aliphatic heterocycles. The molecule has 0 aliphatic rings. The summed E-state index contributed by atoms with van der Waals surface area (Å²) in [6.45, 7) is 0. The second kappa shape index (κ2) is 6.56. The lowest BCUT2D eigenvalue weighted by Crippen LogP contribution is -2.17. The van der Waals surface area contributed by atoms with E-state index in [1.54, 1.807) is 6.07 Å². The van der Waals surface area contributed by atoms with E-state index in [9.17, 15) is 13.2 Å². The molecule has 0 aliphatic carbocycles. The van der Waals surface area contributed by atoms with Gasteiger partial charge in [-0.1, -0.05) is 35.3 Å². The fourth-order valence-corrected chi connectivity index (χ4v) is 3.54. The van der Waals surface area contributed by atoms with Gasteiger partial charge in [0.05, 0.1) is 23.4 Å². The Morgan fingerprint density at radius 3 is 2.45 bits per heavy atom. The molecule has 8 heteroatoms. The van der Waals surface area contributed by atoms with Gasteiger partial charge in [0.2, 0.25) is 0 Å². The minimum absolute atomic E-state index is 0.0671. The van der Waals surface area contributed by atoms with Crippen molar-refractivity contribution in [3.05, 3.63) is 58.1 Å². The highest BCUT2D eigenvalue weighted by Gasteiger charge is 2.23. The van der Waals surface area contributed by atoms with Crippen LogP contribution in [0, 0.1) is 0 Å². The number of nitrogens with one attached hydrogen (secondary N) is 1. The molecule has 2 aromatic rings. The fourth-order valence-electron chi connectivity index (χ4n) is 1.75. The van der Waals surface area contributed by atoms with E-state index in [0.29, 0.717) is 5.02 Å². The molecule has 0 bridgehead atoms. The van der Waals surface area contributed by atoms with Gasteiger partial charge in [0.15, 0.2) is 0 Å². The third-order valence-corrected chi connectivity index (χ3v) is 4.73. The molecule has 0 saturated carbocycles. The molecule has 0 aromatic heterocycles. The third kappa shape index (κ3) is 3.52. The van der Waals surface area contributed by atoms with Crippen LogP contribution in [0.25, 0.3) is 0 Å². The molecule has 2 aromatic carbocycles. The highest BCUT2D eigenvalue weighted by Crippen LogP contribution is 2.28. The Kier molecular flexibility index (Phi) is 4.95. The first kappa shape index (κ1) is 16.6. The van der Waals surface area contributed by atoms with E-state index in [4.69, 9.17) is 23.2 Å². The van der Waals surface area contributed by atoms with Crippen LogP contribution in [0.3, 0.4) is 0 Å². The summed E-state index contributed by atoms with van der Waals surface area (Å²) in [4.78, 5) is 11.5. The number of rotatable bonds is 4. The van der Waals surface area contributed by atoms with Crippen LogP contribution in [0.15, 0.2) is 47.4 Å². The zero-order chi connectivity index (χ0) is 16.3. The second-order valence-corrected chi connectivity index (χ2v) is 6.71. The van der Waals surface area contributed by atoms with E-state index < -0.39 is 16.0 Å². The van der Waals surface area contributed by atoms with E-state index in [0.717, 1.165) is 0 Å². The van der Waals surface area contributed by atoms with Crippen molar-refractivity contribution in [2.45, 2.75) is 4.90 Å². The van der Waals surface area contributed by atoms with Gasteiger partial charge in [-0.05, 0) is 30.3 Å². The number of carbonyl (C=O) groups is 1. The smallest absolute Gasteiger partial charge is 0.339 e. The van der Waals surface area contributed by atoms with Crippen LogP contribution >= 0.6 is 23.2 Å². The molecular weight excluding hydrogens is 349 g/mol. The van der Waals surface area contributed by atoms with Crippen molar-refractivity contribution >= 4 is 44.9 Å². The van der Waals surface area contributed by atoms with Crippen LogP contribution in [0.4, 0.5) is 5.69 Å². The molecule has 5 nitrogen and oxygen atoms in total. The average Bonchev–Trinajstić information content (AvgIpc) is 2.49. The number of methoxy groups -OCH3 is 1. The van der Waals surface area contributed by atoms with Gasteiger partial charge in [-0.15, -0.1) is 0 Å². The molecule has 22 heavy (non-hydrogen) atoms. The minimum Gasteiger partial charge on any atom is -0.465 e. The van der Waals surface area contributed by atoms with Crippen molar-refractivity contribution in [2.75, 3.05) is 11.8 Å². The Labute approximate surface area is 137 Å². The third-order valence-electron chi connectivity index (χ3n) is 2.76. The maximum atomic E-state index is 12.5. The van der Waals surface area contributed by atoms with Crippen LogP contribution in [-0.4, -0.2) is 21.5 Å². The summed E-state index contributed by atoms with van der Waals surface area (Å²) in [6.07, 6.45) is 0. The molecule has 0 radical (unpaired) electrons. The minimum atomic E-state index is -4.01. The van der Waals surface area contributed by atoms with Crippen molar-refractivity contribution in [2.24, 2.45) is 0 Å². The van der Waals surface area contributed by atoms with Crippen molar-refractivity contribution in [1.82, 2.24) is 0 Å². The first-order valence-corrected chi connectivity index (χ1v) is 8.24. The number of ether oxygens (including phenoxy) is 1. The molecular formula is C14H11Cl2NO4S. The zero-order valence-corrected chi connectivity index (χ0v) is 13.7. The lowest BCUT2D eigenvalue weighted by atomic mass is 10.2. The quantitative estimate of drug-likeness (QED) is 0.846. The van der Waals surface area contributed by atoms with E-state index in [2.05, 4.69) is 9.46 Å². The number of carbonyl (C=O) groups excluding carboxylic acids is 1. The van der Waals surface area contributed by atoms with Gasteiger partial charge >= 0.3 is 5.97 Å². The lowest BCUT2D eigenvalue weighted by molar-refractivity contribution is 0.0596. The number of anilines is 1. The van der Waals surface area contributed by atoms with Crippen LogP contribution in [0.2, 0.25) is 10.0 Å². The standard InChI is InChI=1S/C14H11Cl2NO4S/c1-21-14(18)10-4-2-3-5-13(10)22(19,20)17-12-7-6-9(15)8-11(12)16/h2-8,17H,1H3. The molecule has 2 rings (SSSR count). The SMILES string of the molecule is COC(=O)c1ccccc1S(=O)(=O)Nc1ccc(Cl)cc1Cl. The fraction of sp³-hybridized carbons (Fsp3) is 0.0714. The predicted octanol–water partition coefficient (Wildman–Crippen LogP) is 3.58. The van der Waals surface area contributed by atoms with E-state index in [1.165, 1.54) is 43.5 Å². The normalized spacial score (nSPS) is 11.0. The predicted molar refractivity (Wildman–Crippen MR) is 85.1 cm³/mol. The highest BCUT2D eigenvalue weighted by molar-refractivity contribution is 7.92. The summed E-state index contributed by atoms with van der Waals surface area (Å²) >= 11 is 11.7. The zero-order valence-electron chi connectivity index (χ0n) is 11.3. The number of benzene rings is 2. The summed E-state index contributed by atoms with van der Waals surface area (Å²) in [6, 6.07) is 10.1. The Morgan fingerprint density at radius 1 is 1.14 bits per heavy atom. The van der Waals surface area contributed by atoms with E-state index >= 15 is 0 Å². The molecule has 1 N–H and O–H groups in total. The summed E-state index contributed by atoms with van der Waals surface area (Å²) in [5, 5.41) is 0.523. The van der Waals surface area contributed by atoms with Gasteiger partial charge in [-0.2, -0.15) is 0 Å². The van der Waals surface area contributed by atoms with Crippen LogP contribution < -0.4 is 4.72 Å². The largest absolute Gasteiger partial charge is 0.465 e. The van der Waals surface area contributed by atoms with Gasteiger partial charge in [0, 0.05) is 5.02 Å². The van der Waals surface area contributed by atoms with Gasteiger partial charge in [-0.3, -0.25) is 4.72 Å². The monoisotopic (exact) mass is 359 g/mol. The van der Waals surface area contributed by atoms with Gasteiger partial charge in [0.1, 0.15) is 4.90 Å². The second-order valence-electron chi connectivity index (χ2n) is 4.22. The van der Waals surface area contributed by atoms with Crippen LogP contribution in [0.1, 0.15) is 10.4 Å². The Hall–Kier alpha value is -1.76. The average molecular weight is 360 g/mol. The summed E-state index contributed by atoms with van der Waals surface area (Å²) in [5.74, 6) is -0.747. The maximum Gasteiger partial charge on any atom is 0.339 e. The molecule has 0 atom stereocenters. The van der Waals surface area contributed by atoms with Crippen molar-refractivity contribution in [1.29, 1.82) is 0 Å². The molecule has 0 spiro atoms. The van der Waals surface area contributed by atoms with Crippen molar-refractivity contribution < 1.29 is 17.9 Å². The summed E-state index contributed by atoms with van der Waals surface area (Å²) < 4.78 is 31.8. The number of sulfonamides is 1. The molecule has 0 unspecified atom stereocenters.